The Balaban J connectivity index is 1.92. The number of methoxy groups -OCH3 is 1. The van der Waals surface area contributed by atoms with Crippen LogP contribution >= 0.6 is 0 Å². The fourth-order valence-corrected chi connectivity index (χ4v) is 2.26. The molecule has 120 valence electrons. The number of H-pyrrole nitrogens is 1. The van der Waals surface area contributed by atoms with E-state index in [0.29, 0.717) is 22.7 Å². The van der Waals surface area contributed by atoms with Gasteiger partial charge in [0.25, 0.3) is 5.91 Å². The lowest BCUT2D eigenvalue weighted by Crippen LogP contribution is -2.19. The molecule has 0 aliphatic heterocycles. The third-order valence-electron chi connectivity index (χ3n) is 3.49. The van der Waals surface area contributed by atoms with Crippen molar-refractivity contribution < 1.29 is 9.53 Å². The smallest absolute Gasteiger partial charge is 0.346 e. The maximum absolute atomic E-state index is 12.4. The molecule has 0 saturated heterocycles. The Kier molecular flexibility index (Phi) is 4.38. The highest BCUT2D eigenvalue weighted by molar-refractivity contribution is 6.05. The summed E-state index contributed by atoms with van der Waals surface area (Å²) in [6.45, 7) is 0. The molecule has 0 unspecified atom stereocenters. The Morgan fingerprint density at radius 2 is 1.79 bits per heavy atom. The molecule has 6 heteroatoms. The molecule has 3 rings (SSSR count). The van der Waals surface area contributed by atoms with Gasteiger partial charge in [-0.05, 0) is 29.8 Å². The minimum atomic E-state index is -0.528. The van der Waals surface area contributed by atoms with E-state index in [1.807, 2.05) is 30.3 Å². The number of anilines is 1. The molecule has 0 fully saturated rings. The Morgan fingerprint density at radius 1 is 1.08 bits per heavy atom. The second-order valence-corrected chi connectivity index (χ2v) is 5.03. The van der Waals surface area contributed by atoms with Crippen molar-refractivity contribution in [2.24, 2.45) is 0 Å². The summed E-state index contributed by atoms with van der Waals surface area (Å²) in [6.07, 6.45) is 1.44. The summed E-state index contributed by atoms with van der Waals surface area (Å²) in [5.41, 5.74) is 1.40. The number of ether oxygens (including phenoxy) is 1. The summed E-state index contributed by atoms with van der Waals surface area (Å²) in [5.74, 6) is 0.632. The Hall–Kier alpha value is -3.41. The summed E-state index contributed by atoms with van der Waals surface area (Å²) in [5, 5.41) is 2.73. The average molecular weight is 321 g/mol. The van der Waals surface area contributed by atoms with Crippen molar-refractivity contribution in [3.63, 3.8) is 0 Å². The van der Waals surface area contributed by atoms with Crippen LogP contribution in [0.25, 0.3) is 11.1 Å². The standard InChI is InChI=1S/C18H15N3O3/c1-24-14-9-7-13(8-10-14)17(22)20-16-15(11-19-18(23)21-16)12-5-3-2-4-6-12/h2-11H,1H3,(H2,19,20,21,22,23). The monoisotopic (exact) mass is 321 g/mol. The zero-order chi connectivity index (χ0) is 16.9. The summed E-state index contributed by atoms with van der Waals surface area (Å²) in [6, 6.07) is 16.1. The van der Waals surface area contributed by atoms with E-state index >= 15 is 0 Å². The average Bonchev–Trinajstić information content (AvgIpc) is 2.62. The number of carbonyl (C=O) groups is 1. The van der Waals surface area contributed by atoms with Crippen LogP contribution < -0.4 is 15.7 Å². The highest BCUT2D eigenvalue weighted by Crippen LogP contribution is 2.24. The van der Waals surface area contributed by atoms with E-state index in [0.717, 1.165) is 5.56 Å². The number of hydrogen-bond donors (Lipinski definition) is 2. The summed E-state index contributed by atoms with van der Waals surface area (Å²) >= 11 is 0. The first kappa shape index (κ1) is 15.5. The van der Waals surface area contributed by atoms with Gasteiger partial charge in [0, 0.05) is 17.3 Å². The highest BCUT2D eigenvalue weighted by Gasteiger charge is 2.12. The number of amides is 1. The van der Waals surface area contributed by atoms with E-state index in [-0.39, 0.29) is 5.91 Å². The van der Waals surface area contributed by atoms with Gasteiger partial charge in [-0.15, -0.1) is 0 Å². The van der Waals surface area contributed by atoms with E-state index in [1.165, 1.54) is 6.20 Å². The molecule has 1 aromatic heterocycles. The molecule has 24 heavy (non-hydrogen) atoms. The second kappa shape index (κ2) is 6.78. The zero-order valence-corrected chi connectivity index (χ0v) is 12.9. The lowest BCUT2D eigenvalue weighted by atomic mass is 10.1. The number of aromatic nitrogens is 2. The molecule has 0 aliphatic rings. The number of aromatic amines is 1. The SMILES string of the molecule is COc1ccc(C(=O)Nc2[nH]c(=O)ncc2-c2ccccc2)cc1. The predicted octanol–water partition coefficient (Wildman–Crippen LogP) is 2.70. The first-order chi connectivity index (χ1) is 11.7. The molecule has 0 aliphatic carbocycles. The molecule has 1 heterocycles. The molecule has 1 amide bonds. The topological polar surface area (TPSA) is 84.1 Å². The van der Waals surface area contributed by atoms with E-state index in [1.54, 1.807) is 31.4 Å². The summed E-state index contributed by atoms with van der Waals surface area (Å²) < 4.78 is 5.07. The summed E-state index contributed by atoms with van der Waals surface area (Å²) in [7, 11) is 1.56. The van der Waals surface area contributed by atoms with Crippen molar-refractivity contribution in [3.05, 3.63) is 76.8 Å². The van der Waals surface area contributed by atoms with Gasteiger partial charge < -0.3 is 10.1 Å². The molecule has 3 aromatic rings. The van der Waals surface area contributed by atoms with Crippen LogP contribution in [-0.4, -0.2) is 23.0 Å². The maximum atomic E-state index is 12.4. The van der Waals surface area contributed by atoms with Crippen LogP contribution in [0.5, 0.6) is 5.75 Å². The van der Waals surface area contributed by atoms with Gasteiger partial charge in [-0.25, -0.2) is 9.78 Å². The van der Waals surface area contributed by atoms with Gasteiger partial charge in [0.05, 0.1) is 7.11 Å². The molecular formula is C18H15N3O3. The lowest BCUT2D eigenvalue weighted by molar-refractivity contribution is 0.102. The van der Waals surface area contributed by atoms with E-state index in [2.05, 4.69) is 15.3 Å². The van der Waals surface area contributed by atoms with Crippen LogP contribution in [0.15, 0.2) is 65.6 Å². The van der Waals surface area contributed by atoms with Crippen molar-refractivity contribution in [1.82, 2.24) is 9.97 Å². The van der Waals surface area contributed by atoms with Crippen molar-refractivity contribution >= 4 is 11.7 Å². The van der Waals surface area contributed by atoms with Crippen LogP contribution in [0.3, 0.4) is 0 Å². The first-order valence-electron chi connectivity index (χ1n) is 7.27. The lowest BCUT2D eigenvalue weighted by Gasteiger charge is -2.10. The number of hydrogen-bond acceptors (Lipinski definition) is 4. The molecule has 0 radical (unpaired) electrons. The number of rotatable bonds is 4. The van der Waals surface area contributed by atoms with E-state index in [9.17, 15) is 9.59 Å². The molecule has 0 saturated carbocycles. The van der Waals surface area contributed by atoms with Crippen LogP contribution in [0.1, 0.15) is 10.4 Å². The van der Waals surface area contributed by atoms with Gasteiger partial charge in [0.1, 0.15) is 11.6 Å². The third kappa shape index (κ3) is 3.33. The second-order valence-electron chi connectivity index (χ2n) is 5.03. The van der Waals surface area contributed by atoms with Gasteiger partial charge in [0.2, 0.25) is 0 Å². The predicted molar refractivity (Wildman–Crippen MR) is 91.2 cm³/mol. The van der Waals surface area contributed by atoms with Gasteiger partial charge in [-0.2, -0.15) is 0 Å². The molecule has 2 aromatic carbocycles. The molecule has 6 nitrogen and oxygen atoms in total. The van der Waals surface area contributed by atoms with Gasteiger partial charge in [-0.1, -0.05) is 30.3 Å². The maximum Gasteiger partial charge on any atom is 0.346 e. The van der Waals surface area contributed by atoms with Gasteiger partial charge in [0.15, 0.2) is 0 Å². The number of carbonyl (C=O) groups excluding carboxylic acids is 1. The number of nitrogens with zero attached hydrogens (tertiary/aromatic N) is 1. The molecular weight excluding hydrogens is 306 g/mol. The minimum Gasteiger partial charge on any atom is -0.497 e. The van der Waals surface area contributed by atoms with Gasteiger partial charge in [-0.3, -0.25) is 9.78 Å². The fourth-order valence-electron chi connectivity index (χ4n) is 2.26. The molecule has 0 spiro atoms. The Bertz CT molecular complexity index is 903. The largest absolute Gasteiger partial charge is 0.497 e. The van der Waals surface area contributed by atoms with Crippen LogP contribution in [0.2, 0.25) is 0 Å². The van der Waals surface area contributed by atoms with Crippen LogP contribution in [-0.2, 0) is 0 Å². The normalized spacial score (nSPS) is 10.2. The van der Waals surface area contributed by atoms with E-state index < -0.39 is 5.69 Å². The first-order valence-corrected chi connectivity index (χ1v) is 7.27. The zero-order valence-electron chi connectivity index (χ0n) is 12.9. The Labute approximate surface area is 138 Å². The van der Waals surface area contributed by atoms with Crippen LogP contribution in [0, 0.1) is 0 Å². The van der Waals surface area contributed by atoms with Crippen molar-refractivity contribution in [3.8, 4) is 16.9 Å². The highest BCUT2D eigenvalue weighted by atomic mass is 16.5. The van der Waals surface area contributed by atoms with Crippen molar-refractivity contribution in [2.75, 3.05) is 12.4 Å². The fraction of sp³-hybridized carbons (Fsp3) is 0.0556. The molecule has 0 atom stereocenters. The van der Waals surface area contributed by atoms with Crippen molar-refractivity contribution in [2.45, 2.75) is 0 Å². The molecule has 0 bridgehead atoms. The minimum absolute atomic E-state index is 0.307. The van der Waals surface area contributed by atoms with Gasteiger partial charge >= 0.3 is 5.69 Å². The van der Waals surface area contributed by atoms with Crippen LogP contribution in [0.4, 0.5) is 5.82 Å². The number of nitrogens with one attached hydrogen (secondary N) is 2. The third-order valence-corrected chi connectivity index (χ3v) is 3.49. The summed E-state index contributed by atoms with van der Waals surface area (Å²) in [4.78, 5) is 30.3. The number of benzene rings is 2. The Morgan fingerprint density at radius 3 is 2.46 bits per heavy atom. The molecule has 2 N–H and O–H groups in total. The van der Waals surface area contributed by atoms with E-state index in [4.69, 9.17) is 4.74 Å². The van der Waals surface area contributed by atoms with Crippen molar-refractivity contribution in [1.29, 1.82) is 0 Å². The quantitative estimate of drug-likeness (QED) is 0.774.